The molecule has 1 aromatic rings. The van der Waals surface area contributed by atoms with Crippen molar-refractivity contribution in [2.45, 2.75) is 12.2 Å². The highest BCUT2D eigenvalue weighted by Crippen LogP contribution is 2.36. The van der Waals surface area contributed by atoms with Crippen molar-refractivity contribution in [1.29, 1.82) is 0 Å². The van der Waals surface area contributed by atoms with Crippen LogP contribution in [0.4, 0.5) is 17.6 Å². The molecule has 114 valence electrons. The third-order valence-corrected chi connectivity index (χ3v) is 3.08. The Bertz CT molecular complexity index is 437. The Morgan fingerprint density at radius 2 is 2.00 bits per heavy atom. The maximum atomic E-state index is 13.1. The lowest BCUT2D eigenvalue weighted by molar-refractivity contribution is -0.138. The molecule has 0 aromatic heterocycles. The minimum atomic E-state index is -4.62. The van der Waals surface area contributed by atoms with Crippen molar-refractivity contribution < 1.29 is 22.3 Å². The molecule has 0 radical (unpaired) electrons. The molecule has 0 bridgehead atoms. The van der Waals surface area contributed by atoms with Crippen LogP contribution >= 0.6 is 0 Å². The van der Waals surface area contributed by atoms with Crippen molar-refractivity contribution >= 4 is 0 Å². The van der Waals surface area contributed by atoms with Crippen LogP contribution in [0, 0.1) is 5.82 Å². The number of nitrogens with zero attached hydrogens (tertiary/aromatic N) is 1. The second-order valence-electron chi connectivity index (χ2n) is 4.45. The minimum Gasteiger partial charge on any atom is -0.383 e. The van der Waals surface area contributed by atoms with Crippen molar-refractivity contribution in [3.63, 3.8) is 0 Å². The summed E-state index contributed by atoms with van der Waals surface area (Å²) in [6.07, 6.45) is -4.62. The zero-order valence-electron chi connectivity index (χ0n) is 11.4. The molecule has 2 N–H and O–H groups in total. The summed E-state index contributed by atoms with van der Waals surface area (Å²) in [5.41, 5.74) is 4.57. The van der Waals surface area contributed by atoms with Gasteiger partial charge in [0.1, 0.15) is 5.82 Å². The van der Waals surface area contributed by atoms with Crippen molar-refractivity contribution in [2.75, 3.05) is 33.9 Å². The topological polar surface area (TPSA) is 38.5 Å². The van der Waals surface area contributed by atoms with E-state index in [4.69, 9.17) is 10.5 Å². The zero-order valence-corrected chi connectivity index (χ0v) is 11.4. The van der Waals surface area contributed by atoms with Gasteiger partial charge in [0.15, 0.2) is 0 Å². The van der Waals surface area contributed by atoms with Crippen molar-refractivity contribution in [2.24, 2.45) is 5.73 Å². The molecule has 0 amide bonds. The molecular formula is C13H18F4N2O. The summed E-state index contributed by atoms with van der Waals surface area (Å²) in [6, 6.07) is 2.00. The molecule has 20 heavy (non-hydrogen) atoms. The highest BCUT2D eigenvalue weighted by Gasteiger charge is 2.36. The van der Waals surface area contributed by atoms with Gasteiger partial charge in [-0.2, -0.15) is 13.2 Å². The van der Waals surface area contributed by atoms with E-state index in [0.717, 1.165) is 12.1 Å². The number of ether oxygens (including phenoxy) is 1. The largest absolute Gasteiger partial charge is 0.416 e. The normalized spacial score (nSPS) is 13.8. The molecule has 1 atom stereocenters. The Kier molecular flexibility index (Phi) is 5.91. The van der Waals surface area contributed by atoms with Gasteiger partial charge in [-0.25, -0.2) is 4.39 Å². The number of methoxy groups -OCH3 is 1. The summed E-state index contributed by atoms with van der Waals surface area (Å²) in [4.78, 5) is 1.66. The number of nitrogens with two attached hydrogens (primary N) is 1. The number of alkyl halides is 3. The van der Waals surface area contributed by atoms with Gasteiger partial charge in [0, 0.05) is 26.2 Å². The van der Waals surface area contributed by atoms with Gasteiger partial charge < -0.3 is 10.5 Å². The first-order valence-corrected chi connectivity index (χ1v) is 6.07. The molecule has 0 aliphatic heterocycles. The summed E-state index contributed by atoms with van der Waals surface area (Å²) in [5, 5.41) is 0. The molecule has 0 spiro atoms. The quantitative estimate of drug-likeness (QED) is 0.819. The van der Waals surface area contributed by atoms with Crippen LogP contribution in [-0.2, 0) is 10.9 Å². The number of hydrogen-bond donors (Lipinski definition) is 1. The molecule has 1 rings (SSSR count). The monoisotopic (exact) mass is 294 g/mol. The fourth-order valence-corrected chi connectivity index (χ4v) is 2.00. The van der Waals surface area contributed by atoms with Crippen LogP contribution in [0.5, 0.6) is 0 Å². The zero-order chi connectivity index (χ0) is 15.3. The average molecular weight is 294 g/mol. The van der Waals surface area contributed by atoms with Crippen LogP contribution in [0.3, 0.4) is 0 Å². The lowest BCUT2D eigenvalue weighted by Gasteiger charge is -2.29. The molecule has 0 saturated carbocycles. The highest BCUT2D eigenvalue weighted by molar-refractivity contribution is 5.33. The molecule has 0 fully saturated rings. The molecule has 0 saturated heterocycles. The number of benzene rings is 1. The van der Waals surface area contributed by atoms with Gasteiger partial charge in [0.2, 0.25) is 0 Å². The predicted octanol–water partition coefficient (Wildman–Crippen LogP) is 2.42. The van der Waals surface area contributed by atoms with E-state index in [1.165, 1.54) is 7.11 Å². The molecule has 0 aliphatic carbocycles. The minimum absolute atomic E-state index is 0.00503. The van der Waals surface area contributed by atoms with Gasteiger partial charge in [-0.15, -0.1) is 0 Å². The third kappa shape index (κ3) is 4.16. The van der Waals surface area contributed by atoms with Crippen LogP contribution < -0.4 is 5.73 Å². The Balaban J connectivity index is 3.15. The lowest BCUT2D eigenvalue weighted by Crippen LogP contribution is -2.34. The Labute approximate surface area is 115 Å². The maximum absolute atomic E-state index is 13.1. The average Bonchev–Trinajstić information content (AvgIpc) is 2.37. The second-order valence-corrected chi connectivity index (χ2v) is 4.45. The molecule has 1 aromatic carbocycles. The first-order chi connectivity index (χ1) is 9.31. The van der Waals surface area contributed by atoms with E-state index in [-0.39, 0.29) is 12.1 Å². The van der Waals surface area contributed by atoms with Gasteiger partial charge in [-0.1, -0.05) is 6.07 Å². The van der Waals surface area contributed by atoms with E-state index in [0.29, 0.717) is 19.2 Å². The van der Waals surface area contributed by atoms with E-state index in [1.807, 2.05) is 0 Å². The Morgan fingerprint density at radius 3 is 2.50 bits per heavy atom. The Morgan fingerprint density at radius 1 is 1.35 bits per heavy atom. The van der Waals surface area contributed by atoms with Crippen molar-refractivity contribution in [1.82, 2.24) is 4.90 Å². The third-order valence-electron chi connectivity index (χ3n) is 3.08. The van der Waals surface area contributed by atoms with E-state index in [2.05, 4.69) is 0 Å². The van der Waals surface area contributed by atoms with Gasteiger partial charge in [0.05, 0.1) is 12.2 Å². The maximum Gasteiger partial charge on any atom is 0.416 e. The summed E-state index contributed by atoms with van der Waals surface area (Å²) in [5.74, 6) is -0.920. The smallest absolute Gasteiger partial charge is 0.383 e. The van der Waals surface area contributed by atoms with Crippen LogP contribution in [0.1, 0.15) is 17.2 Å². The van der Waals surface area contributed by atoms with E-state index >= 15 is 0 Å². The molecule has 0 heterocycles. The summed E-state index contributed by atoms with van der Waals surface area (Å²) in [6.45, 7) is 0.789. The number of rotatable bonds is 6. The first-order valence-electron chi connectivity index (χ1n) is 6.07. The van der Waals surface area contributed by atoms with Crippen LogP contribution in [-0.4, -0.2) is 38.8 Å². The number of likely N-dealkylation sites (N-methyl/N-ethyl adjacent to an activating group) is 1. The van der Waals surface area contributed by atoms with E-state index in [1.54, 1.807) is 11.9 Å². The van der Waals surface area contributed by atoms with E-state index in [9.17, 15) is 17.6 Å². The lowest BCUT2D eigenvalue weighted by atomic mass is 9.98. The van der Waals surface area contributed by atoms with Crippen molar-refractivity contribution in [3.05, 3.63) is 35.1 Å². The molecule has 3 nitrogen and oxygen atoms in total. The van der Waals surface area contributed by atoms with Gasteiger partial charge in [-0.05, 0) is 24.7 Å². The second kappa shape index (κ2) is 7.01. The van der Waals surface area contributed by atoms with Crippen LogP contribution in [0.25, 0.3) is 0 Å². The molecule has 1 unspecified atom stereocenters. The van der Waals surface area contributed by atoms with Gasteiger partial charge >= 0.3 is 6.18 Å². The summed E-state index contributed by atoms with van der Waals surface area (Å²) >= 11 is 0. The Hall–Kier alpha value is -1.18. The predicted molar refractivity (Wildman–Crippen MR) is 67.7 cm³/mol. The first kappa shape index (κ1) is 16.9. The molecular weight excluding hydrogens is 276 g/mol. The van der Waals surface area contributed by atoms with Crippen LogP contribution in [0.2, 0.25) is 0 Å². The molecule has 0 aliphatic rings. The van der Waals surface area contributed by atoms with Gasteiger partial charge in [-0.3, -0.25) is 4.90 Å². The number of hydrogen-bond acceptors (Lipinski definition) is 3. The standard InChI is InChI=1S/C13H18F4N2O/c1-19(5-6-20-2)12(8-18)10-4-3-9(14)7-11(10)13(15,16)17/h3-4,7,12H,5-6,8,18H2,1-2H3. The van der Waals surface area contributed by atoms with Crippen molar-refractivity contribution in [3.8, 4) is 0 Å². The summed E-state index contributed by atoms with van der Waals surface area (Å²) in [7, 11) is 3.16. The van der Waals surface area contributed by atoms with E-state index < -0.39 is 23.6 Å². The number of halogens is 4. The van der Waals surface area contributed by atoms with Gasteiger partial charge in [0.25, 0.3) is 0 Å². The van der Waals surface area contributed by atoms with Crippen LogP contribution in [0.15, 0.2) is 18.2 Å². The fourth-order valence-electron chi connectivity index (χ4n) is 2.00. The fraction of sp³-hybridized carbons (Fsp3) is 0.538. The highest BCUT2D eigenvalue weighted by atomic mass is 19.4. The SMILES string of the molecule is COCCN(C)C(CN)c1ccc(F)cc1C(F)(F)F. The molecule has 7 heteroatoms. The summed E-state index contributed by atoms with van der Waals surface area (Å²) < 4.78 is 56.9.